The SMILES string of the molecule is CCC(=O)NNC(=O)COc1c(I)cc(Cl)c2cccnc12. The van der Waals surface area contributed by atoms with E-state index in [2.05, 4.69) is 38.4 Å². The molecule has 0 aliphatic carbocycles. The molecule has 0 unspecified atom stereocenters. The molecule has 2 N–H and O–H groups in total. The lowest BCUT2D eigenvalue weighted by atomic mass is 10.2. The van der Waals surface area contributed by atoms with E-state index in [4.69, 9.17) is 16.3 Å². The number of aromatic nitrogens is 1. The van der Waals surface area contributed by atoms with Crippen LogP contribution >= 0.6 is 34.2 Å². The van der Waals surface area contributed by atoms with Crippen molar-refractivity contribution >= 4 is 56.9 Å². The Morgan fingerprint density at radius 2 is 2.09 bits per heavy atom. The molecular weight excluding hydrogens is 421 g/mol. The van der Waals surface area contributed by atoms with Crippen molar-refractivity contribution in [3.05, 3.63) is 33.0 Å². The number of hydrogen-bond donors (Lipinski definition) is 2. The molecule has 0 spiro atoms. The van der Waals surface area contributed by atoms with Gasteiger partial charge < -0.3 is 4.74 Å². The van der Waals surface area contributed by atoms with E-state index >= 15 is 0 Å². The lowest BCUT2D eigenvalue weighted by Crippen LogP contribution is -2.43. The average molecular weight is 434 g/mol. The first kappa shape index (κ1) is 16.8. The second-order valence-corrected chi connectivity index (χ2v) is 5.88. The number of carbonyl (C=O) groups excluding carboxylic acids is 2. The van der Waals surface area contributed by atoms with Crippen LogP contribution in [0, 0.1) is 3.57 Å². The van der Waals surface area contributed by atoms with E-state index in [1.807, 2.05) is 6.07 Å². The Labute approximate surface area is 145 Å². The van der Waals surface area contributed by atoms with Crippen molar-refractivity contribution in [1.29, 1.82) is 0 Å². The van der Waals surface area contributed by atoms with Gasteiger partial charge in [0.15, 0.2) is 12.4 Å². The first-order chi connectivity index (χ1) is 10.5. The Balaban J connectivity index is 2.12. The largest absolute Gasteiger partial charge is 0.480 e. The monoisotopic (exact) mass is 433 g/mol. The summed E-state index contributed by atoms with van der Waals surface area (Å²) in [7, 11) is 0. The van der Waals surface area contributed by atoms with Crippen molar-refractivity contribution < 1.29 is 14.3 Å². The molecule has 0 radical (unpaired) electrons. The van der Waals surface area contributed by atoms with Crippen LogP contribution in [-0.2, 0) is 9.59 Å². The van der Waals surface area contributed by atoms with Crippen molar-refractivity contribution in [2.45, 2.75) is 13.3 Å². The molecule has 22 heavy (non-hydrogen) atoms. The van der Waals surface area contributed by atoms with Crippen LogP contribution in [0.15, 0.2) is 24.4 Å². The summed E-state index contributed by atoms with van der Waals surface area (Å²) in [5.41, 5.74) is 5.13. The van der Waals surface area contributed by atoms with Crippen molar-refractivity contribution in [2.24, 2.45) is 0 Å². The molecule has 0 fully saturated rings. The molecule has 0 bridgehead atoms. The first-order valence-corrected chi connectivity index (χ1v) is 7.91. The Morgan fingerprint density at radius 3 is 2.82 bits per heavy atom. The van der Waals surface area contributed by atoms with Gasteiger partial charge >= 0.3 is 0 Å². The molecule has 116 valence electrons. The van der Waals surface area contributed by atoms with E-state index in [-0.39, 0.29) is 18.9 Å². The minimum absolute atomic E-state index is 0.243. The maximum atomic E-state index is 11.7. The molecule has 2 rings (SSSR count). The molecule has 8 heteroatoms. The number of nitrogens with one attached hydrogen (secondary N) is 2. The fraction of sp³-hybridized carbons (Fsp3) is 0.214. The maximum absolute atomic E-state index is 11.7. The number of pyridine rings is 1. The van der Waals surface area contributed by atoms with E-state index in [0.29, 0.717) is 16.3 Å². The van der Waals surface area contributed by atoms with Crippen LogP contribution in [0.2, 0.25) is 5.02 Å². The molecule has 0 atom stereocenters. The zero-order chi connectivity index (χ0) is 16.1. The summed E-state index contributed by atoms with van der Waals surface area (Å²) < 4.78 is 6.29. The van der Waals surface area contributed by atoms with Crippen LogP contribution in [-0.4, -0.2) is 23.4 Å². The van der Waals surface area contributed by atoms with Gasteiger partial charge in [-0.2, -0.15) is 0 Å². The van der Waals surface area contributed by atoms with Crippen LogP contribution in [0.3, 0.4) is 0 Å². The maximum Gasteiger partial charge on any atom is 0.276 e. The third-order valence-corrected chi connectivity index (χ3v) is 3.87. The molecule has 0 saturated heterocycles. The van der Waals surface area contributed by atoms with Crippen LogP contribution in [0.25, 0.3) is 10.9 Å². The molecule has 1 aromatic heterocycles. The zero-order valence-corrected chi connectivity index (χ0v) is 14.6. The highest BCUT2D eigenvalue weighted by atomic mass is 127. The number of rotatable bonds is 4. The van der Waals surface area contributed by atoms with Gasteiger partial charge in [0.25, 0.3) is 5.91 Å². The molecule has 1 aromatic carbocycles. The van der Waals surface area contributed by atoms with Gasteiger partial charge in [-0.15, -0.1) is 0 Å². The molecule has 2 amide bonds. The Hall–Kier alpha value is -1.61. The molecule has 0 saturated carbocycles. The molecular formula is C14H13ClIN3O3. The van der Waals surface area contributed by atoms with Crippen LogP contribution < -0.4 is 15.6 Å². The van der Waals surface area contributed by atoms with Crippen LogP contribution in [0.4, 0.5) is 0 Å². The van der Waals surface area contributed by atoms with Crippen molar-refractivity contribution in [2.75, 3.05) is 6.61 Å². The molecule has 0 aliphatic heterocycles. The average Bonchev–Trinajstić information content (AvgIpc) is 2.52. The highest BCUT2D eigenvalue weighted by Gasteiger charge is 2.13. The Bertz CT molecular complexity index is 724. The first-order valence-electron chi connectivity index (χ1n) is 6.46. The number of amides is 2. The number of benzene rings is 1. The van der Waals surface area contributed by atoms with E-state index in [1.54, 1.807) is 25.3 Å². The topological polar surface area (TPSA) is 80.3 Å². The van der Waals surface area contributed by atoms with Gasteiger partial charge in [0.2, 0.25) is 5.91 Å². The summed E-state index contributed by atoms with van der Waals surface area (Å²) in [6.07, 6.45) is 1.91. The Kier molecular flexibility index (Phi) is 5.78. The van der Waals surface area contributed by atoms with Crippen LogP contribution in [0.1, 0.15) is 13.3 Å². The molecule has 1 heterocycles. The number of nitrogens with zero attached hydrogens (tertiary/aromatic N) is 1. The van der Waals surface area contributed by atoms with E-state index in [1.165, 1.54) is 0 Å². The Morgan fingerprint density at radius 1 is 1.36 bits per heavy atom. The molecule has 6 nitrogen and oxygen atoms in total. The number of halogens is 2. The lowest BCUT2D eigenvalue weighted by Gasteiger charge is -2.12. The fourth-order valence-electron chi connectivity index (χ4n) is 1.69. The highest BCUT2D eigenvalue weighted by Crippen LogP contribution is 2.34. The van der Waals surface area contributed by atoms with Gasteiger partial charge in [-0.25, -0.2) is 0 Å². The number of carbonyl (C=O) groups is 2. The van der Waals surface area contributed by atoms with Gasteiger partial charge in [0.1, 0.15) is 5.52 Å². The fourth-order valence-corrected chi connectivity index (χ4v) is 2.85. The quantitative estimate of drug-likeness (QED) is 0.573. The minimum Gasteiger partial charge on any atom is -0.480 e. The highest BCUT2D eigenvalue weighted by molar-refractivity contribution is 14.1. The lowest BCUT2D eigenvalue weighted by molar-refractivity contribution is -0.129. The summed E-state index contributed by atoms with van der Waals surface area (Å²) in [5, 5.41) is 1.32. The minimum atomic E-state index is -0.461. The van der Waals surface area contributed by atoms with Gasteiger partial charge in [-0.05, 0) is 40.8 Å². The number of hydrogen-bond acceptors (Lipinski definition) is 4. The third-order valence-electron chi connectivity index (χ3n) is 2.76. The third kappa shape index (κ3) is 3.98. The van der Waals surface area contributed by atoms with E-state index in [9.17, 15) is 9.59 Å². The van der Waals surface area contributed by atoms with Gasteiger partial charge in [0, 0.05) is 18.0 Å². The smallest absolute Gasteiger partial charge is 0.276 e. The van der Waals surface area contributed by atoms with Crippen LogP contribution in [0.5, 0.6) is 5.75 Å². The van der Waals surface area contributed by atoms with Crippen molar-refractivity contribution in [3.63, 3.8) is 0 Å². The molecule has 0 aliphatic rings. The summed E-state index contributed by atoms with van der Waals surface area (Å²) in [4.78, 5) is 27.0. The predicted molar refractivity (Wildman–Crippen MR) is 91.5 cm³/mol. The normalized spacial score (nSPS) is 10.3. The summed E-state index contributed by atoms with van der Waals surface area (Å²) in [5.74, 6) is -0.254. The number of ether oxygens (including phenoxy) is 1. The predicted octanol–water partition coefficient (Wildman–Crippen LogP) is 2.43. The summed E-state index contributed by atoms with van der Waals surface area (Å²) >= 11 is 8.24. The summed E-state index contributed by atoms with van der Waals surface area (Å²) in [6.45, 7) is 1.44. The van der Waals surface area contributed by atoms with Crippen molar-refractivity contribution in [3.8, 4) is 5.75 Å². The molecule has 2 aromatic rings. The van der Waals surface area contributed by atoms with Gasteiger partial charge in [-0.1, -0.05) is 18.5 Å². The van der Waals surface area contributed by atoms with Gasteiger partial charge in [0.05, 0.1) is 8.59 Å². The number of fused-ring (bicyclic) bond motifs is 1. The van der Waals surface area contributed by atoms with E-state index in [0.717, 1.165) is 8.96 Å². The zero-order valence-electron chi connectivity index (χ0n) is 11.7. The van der Waals surface area contributed by atoms with Crippen molar-refractivity contribution in [1.82, 2.24) is 15.8 Å². The standard InChI is InChI=1S/C14H13ClIN3O3/c1-2-11(20)18-19-12(21)7-22-14-10(16)6-9(15)8-4-3-5-17-13(8)14/h3-6H,2,7H2,1H3,(H,18,20)(H,19,21). The summed E-state index contributed by atoms with van der Waals surface area (Å²) in [6, 6.07) is 5.35. The second kappa shape index (κ2) is 7.59. The van der Waals surface area contributed by atoms with Gasteiger partial charge in [-0.3, -0.25) is 25.4 Å². The van der Waals surface area contributed by atoms with E-state index < -0.39 is 5.91 Å². The number of hydrazine groups is 1. The second-order valence-electron chi connectivity index (χ2n) is 4.31.